The van der Waals surface area contributed by atoms with Gasteiger partial charge in [-0.2, -0.15) is 0 Å². The highest BCUT2D eigenvalue weighted by molar-refractivity contribution is 7.90. The van der Waals surface area contributed by atoms with Crippen molar-refractivity contribution in [3.05, 3.63) is 48.0 Å². The van der Waals surface area contributed by atoms with Crippen LogP contribution in [-0.4, -0.2) is 21.2 Å². The number of para-hydroxylation sites is 2. The second-order valence-electron chi connectivity index (χ2n) is 5.14. The number of ether oxygens (including phenoxy) is 1. The summed E-state index contributed by atoms with van der Waals surface area (Å²) in [5.74, 6) is 1.03. The van der Waals surface area contributed by atoms with Crippen LogP contribution in [0.1, 0.15) is 12.0 Å². The fourth-order valence-corrected chi connectivity index (χ4v) is 3.32. The molecule has 5 heteroatoms. The van der Waals surface area contributed by atoms with E-state index in [1.54, 1.807) is 24.3 Å². The Balaban J connectivity index is 2.03. The van der Waals surface area contributed by atoms with Crippen molar-refractivity contribution in [2.45, 2.75) is 17.7 Å². The van der Waals surface area contributed by atoms with E-state index in [4.69, 9.17) is 4.74 Å². The molecule has 0 fully saturated rings. The minimum Gasteiger partial charge on any atom is -0.454 e. The van der Waals surface area contributed by atoms with Gasteiger partial charge in [-0.3, -0.25) is 0 Å². The fourth-order valence-electron chi connectivity index (χ4n) is 2.52. The normalized spacial score (nSPS) is 14.1. The zero-order valence-corrected chi connectivity index (χ0v) is 12.6. The minimum atomic E-state index is -3.32. The number of hydrogen-bond acceptors (Lipinski definition) is 4. The Hall–Kier alpha value is -2.01. The third-order valence-corrected chi connectivity index (χ3v) is 4.64. The molecule has 2 aromatic carbocycles. The molecule has 0 bridgehead atoms. The van der Waals surface area contributed by atoms with E-state index in [1.165, 1.54) is 11.8 Å². The minimum absolute atomic E-state index is 0.207. The summed E-state index contributed by atoms with van der Waals surface area (Å²) in [7, 11) is -3.32. The molecule has 1 aliphatic heterocycles. The summed E-state index contributed by atoms with van der Waals surface area (Å²) in [5, 5.41) is 3.34. The molecule has 0 spiro atoms. The lowest BCUT2D eigenvalue weighted by Crippen LogP contribution is -2.12. The monoisotopic (exact) mass is 303 g/mol. The molecule has 4 nitrogen and oxygen atoms in total. The van der Waals surface area contributed by atoms with Gasteiger partial charge in [0.25, 0.3) is 0 Å². The molecule has 2 aromatic rings. The van der Waals surface area contributed by atoms with E-state index in [0.29, 0.717) is 11.5 Å². The van der Waals surface area contributed by atoms with Crippen LogP contribution in [0.25, 0.3) is 0 Å². The number of rotatable bonds is 3. The summed E-state index contributed by atoms with van der Waals surface area (Å²) >= 11 is 0. The molecule has 0 unspecified atom stereocenters. The largest absolute Gasteiger partial charge is 0.454 e. The van der Waals surface area contributed by atoms with E-state index in [2.05, 4.69) is 11.4 Å². The summed E-state index contributed by atoms with van der Waals surface area (Å²) in [6.45, 7) is 0.904. The number of fused-ring (bicyclic) bond motifs is 1. The van der Waals surface area contributed by atoms with Crippen LogP contribution < -0.4 is 10.1 Å². The van der Waals surface area contributed by atoms with Gasteiger partial charge in [0.05, 0.1) is 5.69 Å². The summed E-state index contributed by atoms with van der Waals surface area (Å²) in [4.78, 5) is 0.207. The smallest absolute Gasteiger partial charge is 0.179 e. The Kier molecular flexibility index (Phi) is 3.59. The topological polar surface area (TPSA) is 55.4 Å². The van der Waals surface area contributed by atoms with Gasteiger partial charge in [0.2, 0.25) is 0 Å². The number of sulfone groups is 1. The van der Waals surface area contributed by atoms with Crippen LogP contribution in [0.4, 0.5) is 5.69 Å². The van der Waals surface area contributed by atoms with Crippen LogP contribution in [-0.2, 0) is 16.3 Å². The molecule has 0 atom stereocenters. The summed E-state index contributed by atoms with van der Waals surface area (Å²) in [6.07, 6.45) is 3.29. The van der Waals surface area contributed by atoms with Crippen LogP contribution in [0.3, 0.4) is 0 Å². The first-order valence-electron chi connectivity index (χ1n) is 6.88. The second kappa shape index (κ2) is 5.41. The maximum atomic E-state index is 11.8. The van der Waals surface area contributed by atoms with Gasteiger partial charge < -0.3 is 10.1 Å². The fraction of sp³-hybridized carbons (Fsp3) is 0.250. The van der Waals surface area contributed by atoms with Crippen molar-refractivity contribution in [2.24, 2.45) is 0 Å². The van der Waals surface area contributed by atoms with Crippen molar-refractivity contribution in [1.82, 2.24) is 0 Å². The first kappa shape index (κ1) is 13.9. The Morgan fingerprint density at radius 2 is 1.81 bits per heavy atom. The number of nitrogens with one attached hydrogen (secondary N) is 1. The zero-order valence-electron chi connectivity index (χ0n) is 11.8. The number of hydrogen-bond donors (Lipinski definition) is 1. The second-order valence-corrected chi connectivity index (χ2v) is 7.13. The van der Waals surface area contributed by atoms with Crippen molar-refractivity contribution >= 4 is 15.5 Å². The van der Waals surface area contributed by atoms with Gasteiger partial charge in [-0.1, -0.05) is 24.3 Å². The molecule has 0 saturated carbocycles. The first-order valence-corrected chi connectivity index (χ1v) is 8.77. The van der Waals surface area contributed by atoms with Gasteiger partial charge in [0.15, 0.2) is 15.6 Å². The molecular weight excluding hydrogens is 286 g/mol. The quantitative estimate of drug-likeness (QED) is 0.945. The Bertz CT molecular complexity index is 769. The van der Waals surface area contributed by atoms with Crippen molar-refractivity contribution in [3.8, 4) is 11.5 Å². The molecule has 21 heavy (non-hydrogen) atoms. The van der Waals surface area contributed by atoms with Gasteiger partial charge in [-0.15, -0.1) is 0 Å². The Morgan fingerprint density at radius 3 is 2.62 bits per heavy atom. The molecule has 110 valence electrons. The third kappa shape index (κ3) is 2.88. The number of aryl methyl sites for hydroxylation is 1. The molecule has 0 radical (unpaired) electrons. The van der Waals surface area contributed by atoms with Crippen LogP contribution in [0.5, 0.6) is 11.5 Å². The molecule has 0 aromatic heterocycles. The van der Waals surface area contributed by atoms with Gasteiger partial charge in [0, 0.05) is 12.8 Å². The van der Waals surface area contributed by atoms with Crippen LogP contribution in [0, 0.1) is 0 Å². The summed E-state index contributed by atoms with van der Waals surface area (Å²) in [5.41, 5.74) is 2.17. The third-order valence-electron chi connectivity index (χ3n) is 3.51. The number of benzene rings is 2. The average Bonchev–Trinajstić information content (AvgIpc) is 2.47. The van der Waals surface area contributed by atoms with E-state index < -0.39 is 9.84 Å². The molecule has 1 N–H and O–H groups in total. The average molecular weight is 303 g/mol. The lowest BCUT2D eigenvalue weighted by molar-refractivity contribution is 0.468. The summed E-state index contributed by atoms with van der Waals surface area (Å²) < 4.78 is 29.6. The highest BCUT2D eigenvalue weighted by Gasteiger charge is 2.18. The number of anilines is 1. The van der Waals surface area contributed by atoms with E-state index in [-0.39, 0.29) is 4.90 Å². The van der Waals surface area contributed by atoms with Crippen molar-refractivity contribution in [2.75, 3.05) is 18.1 Å². The van der Waals surface area contributed by atoms with E-state index in [1.807, 2.05) is 12.1 Å². The lowest BCUT2D eigenvalue weighted by Gasteiger charge is -2.21. The predicted molar refractivity (Wildman–Crippen MR) is 82.9 cm³/mol. The van der Waals surface area contributed by atoms with Gasteiger partial charge in [0.1, 0.15) is 10.6 Å². The van der Waals surface area contributed by atoms with Gasteiger partial charge >= 0.3 is 0 Å². The van der Waals surface area contributed by atoms with Crippen LogP contribution in [0.15, 0.2) is 47.4 Å². The van der Waals surface area contributed by atoms with Crippen molar-refractivity contribution in [3.63, 3.8) is 0 Å². The van der Waals surface area contributed by atoms with E-state index >= 15 is 0 Å². The van der Waals surface area contributed by atoms with Crippen molar-refractivity contribution in [1.29, 1.82) is 0 Å². The first-order chi connectivity index (χ1) is 10.1. The van der Waals surface area contributed by atoms with E-state index in [0.717, 1.165) is 25.1 Å². The van der Waals surface area contributed by atoms with Gasteiger partial charge in [-0.05, 0) is 36.6 Å². The SMILES string of the molecule is CS(=O)(=O)c1ccccc1Oc1cccc2c1NCCC2. The van der Waals surface area contributed by atoms with Gasteiger partial charge in [-0.25, -0.2) is 8.42 Å². The molecule has 0 aliphatic carbocycles. The standard InChI is InChI=1S/C16H17NO3S/c1-21(18,19)15-10-3-2-8-13(15)20-14-9-4-6-12-7-5-11-17-16(12)14/h2-4,6,8-10,17H,5,7,11H2,1H3. The molecular formula is C16H17NO3S. The molecule has 0 amide bonds. The predicted octanol–water partition coefficient (Wildman–Crippen LogP) is 3.24. The van der Waals surface area contributed by atoms with Crippen LogP contribution >= 0.6 is 0 Å². The Morgan fingerprint density at radius 1 is 1.05 bits per heavy atom. The maximum Gasteiger partial charge on any atom is 0.179 e. The Labute approximate surface area is 124 Å². The maximum absolute atomic E-state index is 11.8. The van der Waals surface area contributed by atoms with Crippen LogP contribution in [0.2, 0.25) is 0 Å². The van der Waals surface area contributed by atoms with E-state index in [9.17, 15) is 8.42 Å². The molecule has 0 saturated heterocycles. The summed E-state index contributed by atoms with van der Waals surface area (Å²) in [6, 6.07) is 12.6. The lowest BCUT2D eigenvalue weighted by atomic mass is 10.0. The van der Waals surface area contributed by atoms with Crippen molar-refractivity contribution < 1.29 is 13.2 Å². The highest BCUT2D eigenvalue weighted by Crippen LogP contribution is 2.37. The highest BCUT2D eigenvalue weighted by atomic mass is 32.2. The zero-order chi connectivity index (χ0) is 14.9. The molecule has 1 heterocycles. The molecule has 3 rings (SSSR count). The molecule has 1 aliphatic rings.